The van der Waals surface area contributed by atoms with E-state index in [1.807, 2.05) is 37.3 Å². The predicted molar refractivity (Wildman–Crippen MR) is 104 cm³/mol. The first-order valence-electron chi connectivity index (χ1n) is 8.27. The SMILES string of the molecule is CCN(C(=O)Cn1cnc2ccccc2c1=O)c1nc2ccccc2s1. The van der Waals surface area contributed by atoms with Crippen LogP contribution >= 0.6 is 11.3 Å². The lowest BCUT2D eigenvalue weighted by atomic mass is 10.2. The highest BCUT2D eigenvalue weighted by Gasteiger charge is 2.19. The molecule has 0 saturated carbocycles. The van der Waals surface area contributed by atoms with Crippen LogP contribution in [0.2, 0.25) is 0 Å². The molecule has 0 spiro atoms. The average molecular weight is 364 g/mol. The fraction of sp³-hybridized carbons (Fsp3) is 0.158. The van der Waals surface area contributed by atoms with Crippen LogP contribution < -0.4 is 10.5 Å². The Kier molecular flexibility index (Phi) is 4.22. The lowest BCUT2D eigenvalue weighted by Crippen LogP contribution is -2.36. The molecule has 0 fully saturated rings. The molecule has 0 bridgehead atoms. The molecule has 0 aliphatic carbocycles. The van der Waals surface area contributed by atoms with Gasteiger partial charge in [-0.3, -0.25) is 19.1 Å². The van der Waals surface area contributed by atoms with Gasteiger partial charge in [0.15, 0.2) is 5.13 Å². The number of likely N-dealkylation sites (N-methyl/N-ethyl adjacent to an activating group) is 1. The van der Waals surface area contributed by atoms with E-state index in [4.69, 9.17) is 0 Å². The van der Waals surface area contributed by atoms with E-state index in [9.17, 15) is 9.59 Å². The summed E-state index contributed by atoms with van der Waals surface area (Å²) in [4.78, 5) is 35.8. The number of amides is 1. The Bertz CT molecular complexity index is 1130. The van der Waals surface area contributed by atoms with Gasteiger partial charge in [-0.15, -0.1) is 0 Å². The van der Waals surface area contributed by atoms with E-state index in [0.29, 0.717) is 22.6 Å². The second-order valence-corrected chi connectivity index (χ2v) is 6.81. The maximum Gasteiger partial charge on any atom is 0.261 e. The summed E-state index contributed by atoms with van der Waals surface area (Å²) >= 11 is 1.47. The Balaban J connectivity index is 1.66. The van der Waals surface area contributed by atoms with Crippen LogP contribution in [0.1, 0.15) is 6.92 Å². The zero-order valence-corrected chi connectivity index (χ0v) is 14.9. The quantitative estimate of drug-likeness (QED) is 0.558. The van der Waals surface area contributed by atoms with Crippen molar-refractivity contribution in [1.29, 1.82) is 0 Å². The molecule has 4 rings (SSSR count). The molecule has 0 aliphatic rings. The molecular weight excluding hydrogens is 348 g/mol. The van der Waals surface area contributed by atoms with Crippen LogP contribution in [0.4, 0.5) is 5.13 Å². The molecular formula is C19H16N4O2S. The van der Waals surface area contributed by atoms with Gasteiger partial charge in [-0.2, -0.15) is 0 Å². The van der Waals surface area contributed by atoms with Crippen LogP contribution in [0.5, 0.6) is 0 Å². The molecule has 2 heterocycles. The lowest BCUT2D eigenvalue weighted by molar-refractivity contribution is -0.119. The molecule has 6 nitrogen and oxygen atoms in total. The Morgan fingerprint density at radius 3 is 2.62 bits per heavy atom. The fourth-order valence-electron chi connectivity index (χ4n) is 2.84. The number of nitrogens with zero attached hydrogens (tertiary/aromatic N) is 4. The molecule has 0 aliphatic heterocycles. The van der Waals surface area contributed by atoms with Gasteiger partial charge in [0.25, 0.3) is 5.56 Å². The van der Waals surface area contributed by atoms with Crippen molar-refractivity contribution in [2.24, 2.45) is 0 Å². The Morgan fingerprint density at radius 2 is 1.85 bits per heavy atom. The zero-order valence-electron chi connectivity index (χ0n) is 14.1. The maximum atomic E-state index is 12.8. The molecule has 2 aromatic heterocycles. The predicted octanol–water partition coefficient (Wildman–Crippen LogP) is 3.06. The molecule has 0 N–H and O–H groups in total. The minimum Gasteiger partial charge on any atom is -0.289 e. The summed E-state index contributed by atoms with van der Waals surface area (Å²) in [6.45, 7) is 2.31. The average Bonchev–Trinajstić information content (AvgIpc) is 3.08. The number of aromatic nitrogens is 3. The minimum atomic E-state index is -0.218. The topological polar surface area (TPSA) is 68.1 Å². The summed E-state index contributed by atoms with van der Waals surface area (Å²) in [5.41, 5.74) is 1.27. The maximum absolute atomic E-state index is 12.8. The zero-order chi connectivity index (χ0) is 18.1. The third-order valence-corrected chi connectivity index (χ3v) is 5.23. The van der Waals surface area contributed by atoms with Crippen molar-refractivity contribution < 1.29 is 4.79 Å². The Labute approximate surface area is 153 Å². The number of thiazole rings is 1. The van der Waals surface area contributed by atoms with E-state index in [-0.39, 0.29) is 18.0 Å². The minimum absolute atomic E-state index is 0.0690. The third kappa shape index (κ3) is 2.86. The first-order chi connectivity index (χ1) is 12.7. The van der Waals surface area contributed by atoms with Crippen molar-refractivity contribution in [3.8, 4) is 0 Å². The molecule has 0 unspecified atom stereocenters. The van der Waals surface area contributed by atoms with Crippen LogP contribution in [0.3, 0.4) is 0 Å². The molecule has 130 valence electrons. The van der Waals surface area contributed by atoms with Gasteiger partial charge in [-0.1, -0.05) is 35.6 Å². The van der Waals surface area contributed by atoms with Crippen LogP contribution in [0, 0.1) is 0 Å². The van der Waals surface area contributed by atoms with E-state index in [0.717, 1.165) is 10.2 Å². The summed E-state index contributed by atoms with van der Waals surface area (Å²) in [6.07, 6.45) is 1.43. The third-order valence-electron chi connectivity index (χ3n) is 4.17. The van der Waals surface area contributed by atoms with Gasteiger partial charge in [0.1, 0.15) is 6.54 Å². The summed E-state index contributed by atoms with van der Waals surface area (Å²) in [5.74, 6) is -0.189. The number of carbonyl (C=O) groups is 1. The van der Waals surface area contributed by atoms with Crippen molar-refractivity contribution in [2.75, 3.05) is 11.4 Å². The second kappa shape index (κ2) is 6.68. The highest BCUT2D eigenvalue weighted by Crippen LogP contribution is 2.28. The number of carbonyl (C=O) groups excluding carboxylic acids is 1. The van der Waals surface area contributed by atoms with Crippen LogP contribution in [0.25, 0.3) is 21.1 Å². The molecule has 26 heavy (non-hydrogen) atoms. The van der Waals surface area contributed by atoms with Gasteiger partial charge in [0.05, 0.1) is 27.4 Å². The number of rotatable bonds is 4. The van der Waals surface area contributed by atoms with E-state index >= 15 is 0 Å². The number of hydrogen-bond donors (Lipinski definition) is 0. The summed E-state index contributed by atoms with van der Waals surface area (Å²) in [6, 6.07) is 14.9. The van der Waals surface area contributed by atoms with E-state index in [1.54, 1.807) is 23.1 Å². The summed E-state index contributed by atoms with van der Waals surface area (Å²) in [5, 5.41) is 1.14. The van der Waals surface area contributed by atoms with Crippen molar-refractivity contribution >= 4 is 43.5 Å². The monoisotopic (exact) mass is 364 g/mol. The fourth-order valence-corrected chi connectivity index (χ4v) is 3.89. The summed E-state index contributed by atoms with van der Waals surface area (Å²) < 4.78 is 2.37. The first-order valence-corrected chi connectivity index (χ1v) is 9.09. The molecule has 4 aromatic rings. The van der Waals surface area contributed by atoms with Gasteiger partial charge in [-0.05, 0) is 31.2 Å². The van der Waals surface area contributed by atoms with Crippen LogP contribution in [-0.4, -0.2) is 27.0 Å². The standard InChI is InChI=1S/C19H16N4O2S/c1-2-23(19-21-15-9-5-6-10-16(15)26-19)17(24)11-22-12-20-14-8-4-3-7-13(14)18(22)25/h3-10,12H,2,11H2,1H3. The molecule has 0 saturated heterocycles. The molecule has 7 heteroatoms. The Morgan fingerprint density at radius 1 is 1.12 bits per heavy atom. The van der Waals surface area contributed by atoms with Gasteiger partial charge in [-0.25, -0.2) is 9.97 Å². The van der Waals surface area contributed by atoms with E-state index in [2.05, 4.69) is 9.97 Å². The Hall–Kier alpha value is -3.06. The number of benzene rings is 2. The molecule has 1 amide bonds. The molecule has 0 radical (unpaired) electrons. The number of para-hydroxylation sites is 2. The lowest BCUT2D eigenvalue weighted by Gasteiger charge is -2.18. The van der Waals surface area contributed by atoms with Crippen molar-refractivity contribution in [3.05, 3.63) is 65.2 Å². The second-order valence-electron chi connectivity index (χ2n) is 5.80. The van der Waals surface area contributed by atoms with Crippen molar-refractivity contribution in [1.82, 2.24) is 14.5 Å². The van der Waals surface area contributed by atoms with Crippen LogP contribution in [-0.2, 0) is 11.3 Å². The van der Waals surface area contributed by atoms with Crippen molar-refractivity contribution in [2.45, 2.75) is 13.5 Å². The number of hydrogen-bond acceptors (Lipinski definition) is 5. The highest BCUT2D eigenvalue weighted by molar-refractivity contribution is 7.22. The van der Waals surface area contributed by atoms with Gasteiger partial charge >= 0.3 is 0 Å². The van der Waals surface area contributed by atoms with Crippen molar-refractivity contribution in [3.63, 3.8) is 0 Å². The van der Waals surface area contributed by atoms with Gasteiger partial charge < -0.3 is 0 Å². The normalized spacial score (nSPS) is 11.1. The van der Waals surface area contributed by atoms with Gasteiger partial charge in [0, 0.05) is 6.54 Å². The molecule has 2 aromatic carbocycles. The smallest absolute Gasteiger partial charge is 0.261 e. The largest absolute Gasteiger partial charge is 0.289 e. The molecule has 0 atom stereocenters. The number of fused-ring (bicyclic) bond motifs is 2. The summed E-state index contributed by atoms with van der Waals surface area (Å²) in [7, 11) is 0. The first kappa shape index (κ1) is 16.4. The van der Waals surface area contributed by atoms with E-state index < -0.39 is 0 Å². The highest BCUT2D eigenvalue weighted by atomic mass is 32.1. The van der Waals surface area contributed by atoms with Gasteiger partial charge in [0.2, 0.25) is 5.91 Å². The number of anilines is 1. The van der Waals surface area contributed by atoms with E-state index in [1.165, 1.54) is 22.2 Å². The van der Waals surface area contributed by atoms with Crippen LogP contribution in [0.15, 0.2) is 59.7 Å².